The molecule has 1 N–H and O–H groups in total. The summed E-state index contributed by atoms with van der Waals surface area (Å²) in [5.74, 6) is 1.48. The van der Waals surface area contributed by atoms with E-state index in [1.165, 1.54) is 17.3 Å². The fourth-order valence-corrected chi connectivity index (χ4v) is 3.75. The van der Waals surface area contributed by atoms with Crippen LogP contribution in [0.4, 0.5) is 0 Å². The monoisotopic (exact) mass is 392 g/mol. The third-order valence-corrected chi connectivity index (χ3v) is 5.75. The first kappa shape index (κ1) is 18.7. The van der Waals surface area contributed by atoms with Gasteiger partial charge < -0.3 is 5.32 Å². The fraction of sp³-hybridized carbons (Fsp3) is 0.318. The minimum atomic E-state index is -0.260. The number of benzene rings is 2. The highest BCUT2D eigenvalue weighted by Crippen LogP contribution is 2.40. The van der Waals surface area contributed by atoms with E-state index in [0.29, 0.717) is 17.6 Å². The van der Waals surface area contributed by atoms with Crippen molar-refractivity contribution < 1.29 is 4.79 Å². The number of carbonyl (C=O) groups excluding carboxylic acids is 1. The highest BCUT2D eigenvalue weighted by Gasteiger charge is 2.31. The minimum absolute atomic E-state index is 0.00499. The summed E-state index contributed by atoms with van der Waals surface area (Å²) >= 11 is 1.41. The van der Waals surface area contributed by atoms with Crippen LogP contribution < -0.4 is 5.32 Å². The summed E-state index contributed by atoms with van der Waals surface area (Å²) in [6, 6.07) is 18.3. The van der Waals surface area contributed by atoms with Gasteiger partial charge in [0, 0.05) is 12.5 Å². The number of amides is 1. The molecule has 5 nitrogen and oxygen atoms in total. The maximum absolute atomic E-state index is 12.5. The summed E-state index contributed by atoms with van der Waals surface area (Å²) in [5.41, 5.74) is 3.32. The zero-order valence-electron chi connectivity index (χ0n) is 16.1. The Balaban J connectivity index is 1.42. The Bertz CT molecular complexity index is 948. The van der Waals surface area contributed by atoms with Crippen LogP contribution in [-0.4, -0.2) is 25.9 Å². The highest BCUT2D eigenvalue weighted by atomic mass is 32.2. The van der Waals surface area contributed by atoms with Crippen molar-refractivity contribution >= 4 is 17.7 Å². The molecule has 1 saturated carbocycles. The molecule has 1 heterocycles. The zero-order valence-corrected chi connectivity index (χ0v) is 16.9. The van der Waals surface area contributed by atoms with E-state index in [1.54, 1.807) is 0 Å². The van der Waals surface area contributed by atoms with Gasteiger partial charge in [-0.25, -0.2) is 9.67 Å². The molecule has 144 valence electrons. The summed E-state index contributed by atoms with van der Waals surface area (Å²) in [5, 5.41) is 8.08. The van der Waals surface area contributed by atoms with Crippen LogP contribution >= 0.6 is 11.8 Å². The predicted octanol–water partition coefficient (Wildman–Crippen LogP) is 4.25. The zero-order chi connectivity index (χ0) is 19.5. The van der Waals surface area contributed by atoms with Gasteiger partial charge >= 0.3 is 0 Å². The van der Waals surface area contributed by atoms with Crippen LogP contribution in [0.25, 0.3) is 5.69 Å². The van der Waals surface area contributed by atoms with Gasteiger partial charge in [-0.2, -0.15) is 0 Å². The Morgan fingerprint density at radius 1 is 1.18 bits per heavy atom. The molecule has 4 rings (SSSR count). The minimum Gasteiger partial charge on any atom is -0.351 e. The van der Waals surface area contributed by atoms with Crippen LogP contribution in [0.2, 0.25) is 0 Å². The largest absolute Gasteiger partial charge is 0.351 e. The molecule has 28 heavy (non-hydrogen) atoms. The average Bonchev–Trinajstić information content (AvgIpc) is 3.48. The van der Waals surface area contributed by atoms with Crippen molar-refractivity contribution in [2.45, 2.75) is 49.6 Å². The van der Waals surface area contributed by atoms with Gasteiger partial charge in [0.25, 0.3) is 0 Å². The maximum atomic E-state index is 12.5. The van der Waals surface area contributed by atoms with Crippen LogP contribution in [-0.2, 0) is 11.3 Å². The smallest absolute Gasteiger partial charge is 0.233 e. The van der Waals surface area contributed by atoms with Gasteiger partial charge in [-0.15, -0.1) is 5.10 Å². The predicted molar refractivity (Wildman–Crippen MR) is 112 cm³/mol. The number of hydrogen-bond acceptors (Lipinski definition) is 4. The van der Waals surface area contributed by atoms with E-state index in [2.05, 4.69) is 29.5 Å². The van der Waals surface area contributed by atoms with Crippen molar-refractivity contribution in [2.24, 2.45) is 0 Å². The maximum Gasteiger partial charge on any atom is 0.233 e. The second-order valence-electron chi connectivity index (χ2n) is 7.24. The molecule has 1 unspecified atom stereocenters. The van der Waals surface area contributed by atoms with Crippen molar-refractivity contribution in [2.75, 3.05) is 0 Å². The van der Waals surface area contributed by atoms with Gasteiger partial charge in [0.15, 0.2) is 0 Å². The topological polar surface area (TPSA) is 59.8 Å². The van der Waals surface area contributed by atoms with Gasteiger partial charge in [-0.1, -0.05) is 59.8 Å². The highest BCUT2D eigenvalue weighted by molar-refractivity contribution is 8.00. The van der Waals surface area contributed by atoms with Crippen LogP contribution in [0.5, 0.6) is 0 Å². The summed E-state index contributed by atoms with van der Waals surface area (Å²) < 4.78 is 1.93. The molecule has 0 radical (unpaired) electrons. The first-order valence-electron chi connectivity index (χ1n) is 9.62. The normalized spacial score (nSPS) is 14.6. The quantitative estimate of drug-likeness (QED) is 0.611. The molecule has 3 aromatic rings. The Hall–Kier alpha value is -2.60. The molecular weight excluding hydrogens is 368 g/mol. The van der Waals surface area contributed by atoms with E-state index >= 15 is 0 Å². The number of thioether (sulfide) groups is 1. The van der Waals surface area contributed by atoms with E-state index in [-0.39, 0.29) is 11.2 Å². The van der Waals surface area contributed by atoms with Crippen LogP contribution in [0.1, 0.15) is 42.6 Å². The molecule has 1 amide bonds. The molecule has 1 aromatic heterocycles. The lowest BCUT2D eigenvalue weighted by molar-refractivity contribution is -0.120. The Morgan fingerprint density at radius 3 is 2.57 bits per heavy atom. The SMILES string of the molecule is Cc1ccc(CNC(=O)C(C)Sc2nc(C3CC3)n(-c3ccccc3)n2)cc1. The number of hydrogen-bond donors (Lipinski definition) is 1. The van der Waals surface area contributed by atoms with Crippen LogP contribution in [0.15, 0.2) is 59.8 Å². The molecule has 0 bridgehead atoms. The van der Waals surface area contributed by atoms with Crippen molar-refractivity contribution in [3.05, 3.63) is 71.5 Å². The van der Waals surface area contributed by atoms with Crippen molar-refractivity contribution in [1.82, 2.24) is 20.1 Å². The first-order chi connectivity index (χ1) is 13.6. The molecule has 1 aliphatic carbocycles. The number of aryl methyl sites for hydroxylation is 1. The van der Waals surface area contributed by atoms with E-state index in [9.17, 15) is 4.79 Å². The van der Waals surface area contributed by atoms with E-state index in [1.807, 2.05) is 54.1 Å². The second kappa shape index (κ2) is 8.19. The summed E-state index contributed by atoms with van der Waals surface area (Å²) in [7, 11) is 0. The lowest BCUT2D eigenvalue weighted by Crippen LogP contribution is -2.30. The number of aromatic nitrogens is 3. The Labute approximate surface area is 169 Å². The number of nitrogens with one attached hydrogen (secondary N) is 1. The van der Waals surface area contributed by atoms with E-state index < -0.39 is 0 Å². The summed E-state index contributed by atoms with van der Waals surface area (Å²) in [6.07, 6.45) is 2.31. The molecular formula is C22H24N4OS. The van der Waals surface area contributed by atoms with Gasteiger partial charge in [0.05, 0.1) is 10.9 Å². The fourth-order valence-electron chi connectivity index (χ4n) is 2.97. The van der Waals surface area contributed by atoms with Crippen molar-refractivity contribution in [1.29, 1.82) is 0 Å². The number of para-hydroxylation sites is 1. The third-order valence-electron chi connectivity index (χ3n) is 4.79. The molecule has 1 aliphatic rings. The molecule has 0 aliphatic heterocycles. The third kappa shape index (κ3) is 4.44. The van der Waals surface area contributed by atoms with E-state index in [4.69, 9.17) is 4.98 Å². The first-order valence-corrected chi connectivity index (χ1v) is 10.5. The van der Waals surface area contributed by atoms with Crippen LogP contribution in [0, 0.1) is 6.92 Å². The summed E-state index contributed by atoms with van der Waals surface area (Å²) in [4.78, 5) is 17.2. The van der Waals surface area contributed by atoms with Crippen molar-refractivity contribution in [3.63, 3.8) is 0 Å². The molecule has 6 heteroatoms. The number of carbonyl (C=O) groups is 1. The molecule has 0 spiro atoms. The Kier molecular flexibility index (Phi) is 5.48. The average molecular weight is 393 g/mol. The van der Waals surface area contributed by atoms with E-state index in [0.717, 1.165) is 29.9 Å². The van der Waals surface area contributed by atoms with Gasteiger partial charge in [0.1, 0.15) is 5.82 Å². The Morgan fingerprint density at radius 2 is 1.89 bits per heavy atom. The lowest BCUT2D eigenvalue weighted by Gasteiger charge is -2.10. The number of nitrogens with zero attached hydrogens (tertiary/aromatic N) is 3. The van der Waals surface area contributed by atoms with Gasteiger partial charge in [-0.05, 0) is 44.4 Å². The molecule has 1 atom stereocenters. The lowest BCUT2D eigenvalue weighted by atomic mass is 10.1. The number of rotatable bonds is 7. The van der Waals surface area contributed by atoms with Crippen LogP contribution in [0.3, 0.4) is 0 Å². The summed E-state index contributed by atoms with van der Waals surface area (Å²) in [6.45, 7) is 4.48. The standard InChI is InChI=1S/C22H24N4OS/c1-15-8-10-17(11-9-15)14-23-21(27)16(2)28-22-24-20(18-12-13-18)26(25-22)19-6-4-3-5-7-19/h3-11,16,18H,12-14H2,1-2H3,(H,23,27). The van der Waals surface area contributed by atoms with Gasteiger partial charge in [0.2, 0.25) is 11.1 Å². The molecule has 2 aromatic carbocycles. The van der Waals surface area contributed by atoms with Crippen molar-refractivity contribution in [3.8, 4) is 5.69 Å². The molecule has 1 fully saturated rings. The van der Waals surface area contributed by atoms with Gasteiger partial charge in [-0.3, -0.25) is 4.79 Å². The molecule has 0 saturated heterocycles. The second-order valence-corrected chi connectivity index (χ2v) is 8.55.